The number of thiophene rings is 1. The first-order valence-corrected chi connectivity index (χ1v) is 16.7. The standard InChI is InChI=1S/C37H36FN3O3S/c1-20-10-28(38)19-40(17-20)37(43)26-14-32(44-3)34-21(2)35(45-33(34)15-26)31-13-25-7-6-24(12-30(25)41(31)18-22-4-5-22)23-8-9-29-27(11-23)16-39-36(29)42/h6-9,11-15,20,22,28H,4-5,10,16-19H2,1-3H3,(H,39,42)/t20-,28-/m1/s1. The van der Waals surface area contributed by atoms with E-state index in [0.29, 0.717) is 36.7 Å². The summed E-state index contributed by atoms with van der Waals surface area (Å²) in [5.41, 5.74) is 8.10. The maximum absolute atomic E-state index is 14.4. The molecule has 0 unspecified atom stereocenters. The lowest BCUT2D eigenvalue weighted by Gasteiger charge is -2.33. The van der Waals surface area contributed by atoms with Crippen LogP contribution >= 0.6 is 11.3 Å². The number of methoxy groups -OCH3 is 1. The van der Waals surface area contributed by atoms with E-state index in [4.69, 9.17) is 4.74 Å². The molecule has 0 spiro atoms. The number of fused-ring (bicyclic) bond motifs is 3. The number of likely N-dealkylation sites (tertiary alicyclic amines) is 1. The Morgan fingerprint density at radius 1 is 1.07 bits per heavy atom. The van der Waals surface area contributed by atoms with Crippen LogP contribution in [-0.2, 0) is 13.1 Å². The molecule has 0 bridgehead atoms. The fraction of sp³-hybridized carbons (Fsp3) is 0.351. The summed E-state index contributed by atoms with van der Waals surface area (Å²) in [5, 5.41) is 5.13. The summed E-state index contributed by atoms with van der Waals surface area (Å²) in [6, 6.07) is 18.8. The van der Waals surface area contributed by atoms with E-state index >= 15 is 0 Å². The van der Waals surface area contributed by atoms with E-state index in [9.17, 15) is 14.0 Å². The van der Waals surface area contributed by atoms with Gasteiger partial charge in [-0.2, -0.15) is 0 Å². The van der Waals surface area contributed by atoms with Crippen molar-refractivity contribution < 1.29 is 18.7 Å². The van der Waals surface area contributed by atoms with Crippen molar-refractivity contribution in [1.29, 1.82) is 0 Å². The number of carbonyl (C=O) groups excluding carboxylic acids is 2. The quantitative estimate of drug-likeness (QED) is 0.209. The van der Waals surface area contributed by atoms with Gasteiger partial charge in [-0.05, 0) is 96.7 Å². The fourth-order valence-electron chi connectivity index (χ4n) is 7.28. The molecule has 2 aromatic heterocycles. The van der Waals surface area contributed by atoms with Gasteiger partial charge in [0, 0.05) is 51.8 Å². The number of hydrogen-bond acceptors (Lipinski definition) is 4. The van der Waals surface area contributed by atoms with Crippen molar-refractivity contribution in [3.05, 3.63) is 76.9 Å². The highest BCUT2D eigenvalue weighted by Crippen LogP contribution is 2.46. The summed E-state index contributed by atoms with van der Waals surface area (Å²) in [6.07, 6.45) is 1.99. The number of alkyl halides is 1. The van der Waals surface area contributed by atoms with Crippen LogP contribution in [0.5, 0.6) is 5.75 Å². The highest BCUT2D eigenvalue weighted by molar-refractivity contribution is 7.22. The van der Waals surface area contributed by atoms with Crippen molar-refractivity contribution in [2.45, 2.75) is 52.4 Å². The SMILES string of the molecule is COc1cc(C(=O)N2C[C@H](C)C[C@@H](F)C2)cc2sc(-c3cc4ccc(-c5ccc6c(c5)CNC6=O)cc4n3CC3CC3)c(C)c12. The smallest absolute Gasteiger partial charge is 0.254 e. The minimum absolute atomic E-state index is 0.00346. The van der Waals surface area contributed by atoms with E-state index < -0.39 is 6.17 Å². The maximum Gasteiger partial charge on any atom is 0.254 e. The number of amides is 2. The largest absolute Gasteiger partial charge is 0.496 e. The monoisotopic (exact) mass is 621 g/mol. The molecule has 4 heterocycles. The summed E-state index contributed by atoms with van der Waals surface area (Å²) in [6.45, 7) is 6.38. The van der Waals surface area contributed by atoms with E-state index in [2.05, 4.69) is 47.1 Å². The number of hydrogen-bond donors (Lipinski definition) is 1. The van der Waals surface area contributed by atoms with Gasteiger partial charge < -0.3 is 19.5 Å². The van der Waals surface area contributed by atoms with Crippen LogP contribution in [0.2, 0.25) is 0 Å². The molecular formula is C37H36FN3O3S. The van der Waals surface area contributed by atoms with E-state index in [1.165, 1.54) is 34.3 Å². The highest BCUT2D eigenvalue weighted by Gasteiger charge is 2.30. The molecule has 1 saturated heterocycles. The Morgan fingerprint density at radius 2 is 1.87 bits per heavy atom. The number of ether oxygens (including phenoxy) is 1. The average molecular weight is 622 g/mol. The molecule has 6 nitrogen and oxygen atoms in total. The zero-order valence-electron chi connectivity index (χ0n) is 25.8. The van der Waals surface area contributed by atoms with Crippen molar-refractivity contribution >= 4 is 44.1 Å². The molecule has 230 valence electrons. The van der Waals surface area contributed by atoms with Gasteiger partial charge in [0.25, 0.3) is 11.8 Å². The predicted molar refractivity (Wildman–Crippen MR) is 178 cm³/mol. The Labute approximate surface area is 265 Å². The Bertz CT molecular complexity index is 2010. The van der Waals surface area contributed by atoms with Crippen LogP contribution in [0, 0.1) is 18.8 Å². The molecule has 5 aromatic rings. The normalized spacial score (nSPS) is 19.7. The Morgan fingerprint density at radius 3 is 2.64 bits per heavy atom. The second kappa shape index (κ2) is 10.7. The maximum atomic E-state index is 14.4. The molecule has 8 heteroatoms. The lowest BCUT2D eigenvalue weighted by atomic mass is 9.98. The van der Waals surface area contributed by atoms with Crippen LogP contribution in [0.15, 0.2) is 54.6 Å². The molecule has 2 fully saturated rings. The third kappa shape index (κ3) is 4.90. The van der Waals surface area contributed by atoms with Gasteiger partial charge in [-0.3, -0.25) is 9.59 Å². The van der Waals surface area contributed by atoms with Crippen molar-refractivity contribution in [1.82, 2.24) is 14.8 Å². The molecular weight excluding hydrogens is 585 g/mol. The molecule has 2 atom stereocenters. The number of aryl methyl sites for hydroxylation is 1. The highest BCUT2D eigenvalue weighted by atomic mass is 32.1. The molecule has 45 heavy (non-hydrogen) atoms. The zero-order chi connectivity index (χ0) is 31.0. The Kier molecular flexibility index (Phi) is 6.75. The number of carbonyl (C=O) groups is 2. The van der Waals surface area contributed by atoms with Crippen molar-refractivity contribution in [3.63, 3.8) is 0 Å². The number of nitrogens with one attached hydrogen (secondary N) is 1. The molecule has 8 rings (SSSR count). The number of benzene rings is 3. The molecule has 1 N–H and O–H groups in total. The van der Waals surface area contributed by atoms with Crippen LogP contribution in [-0.4, -0.2) is 47.7 Å². The summed E-state index contributed by atoms with van der Waals surface area (Å²) >= 11 is 1.69. The second-order valence-corrected chi connectivity index (χ2v) is 14.2. The van der Waals surface area contributed by atoms with Crippen LogP contribution in [0.25, 0.3) is 42.7 Å². The van der Waals surface area contributed by atoms with Crippen LogP contribution in [0.4, 0.5) is 4.39 Å². The molecule has 3 aromatic carbocycles. The van der Waals surface area contributed by atoms with Crippen molar-refractivity contribution in [2.75, 3.05) is 20.2 Å². The molecule has 0 radical (unpaired) electrons. The van der Waals surface area contributed by atoms with E-state index in [-0.39, 0.29) is 24.3 Å². The Hall–Kier alpha value is -4.17. The lowest BCUT2D eigenvalue weighted by Crippen LogP contribution is -2.44. The van der Waals surface area contributed by atoms with Crippen molar-refractivity contribution in [3.8, 4) is 27.4 Å². The van der Waals surface area contributed by atoms with E-state index in [1.807, 2.05) is 31.2 Å². The summed E-state index contributed by atoms with van der Waals surface area (Å²) < 4.78 is 23.7. The molecule has 2 aliphatic heterocycles. The first-order chi connectivity index (χ1) is 21.8. The summed E-state index contributed by atoms with van der Waals surface area (Å²) in [4.78, 5) is 28.5. The summed E-state index contributed by atoms with van der Waals surface area (Å²) in [7, 11) is 1.65. The van der Waals surface area contributed by atoms with Crippen LogP contribution in [0.3, 0.4) is 0 Å². The molecule has 2 amide bonds. The van der Waals surface area contributed by atoms with Crippen molar-refractivity contribution in [2.24, 2.45) is 11.8 Å². The predicted octanol–water partition coefficient (Wildman–Crippen LogP) is 7.98. The first kappa shape index (κ1) is 28.3. The third-order valence-corrected chi connectivity index (χ3v) is 11.0. The topological polar surface area (TPSA) is 63.6 Å². The fourth-order valence-corrected chi connectivity index (χ4v) is 8.57. The molecule has 1 aliphatic carbocycles. The average Bonchev–Trinajstić information content (AvgIpc) is 3.56. The van der Waals surface area contributed by atoms with Gasteiger partial charge in [0.05, 0.1) is 24.2 Å². The molecule has 3 aliphatic rings. The number of aromatic nitrogens is 1. The van der Waals surface area contributed by atoms with Gasteiger partial charge in [0.15, 0.2) is 0 Å². The van der Waals surface area contributed by atoms with Gasteiger partial charge in [0.2, 0.25) is 0 Å². The number of halogens is 1. The zero-order valence-corrected chi connectivity index (χ0v) is 26.6. The third-order valence-electron chi connectivity index (χ3n) is 9.75. The van der Waals surface area contributed by atoms with Gasteiger partial charge in [0.1, 0.15) is 11.9 Å². The Balaban J connectivity index is 1.22. The summed E-state index contributed by atoms with van der Waals surface area (Å²) in [5.74, 6) is 1.33. The second-order valence-electron chi connectivity index (χ2n) is 13.2. The van der Waals surface area contributed by atoms with Gasteiger partial charge in [-0.1, -0.05) is 25.1 Å². The lowest BCUT2D eigenvalue weighted by molar-refractivity contribution is 0.0555. The van der Waals surface area contributed by atoms with E-state index in [1.54, 1.807) is 23.3 Å². The van der Waals surface area contributed by atoms with Gasteiger partial charge in [-0.15, -0.1) is 11.3 Å². The number of piperidine rings is 1. The van der Waals surface area contributed by atoms with E-state index in [0.717, 1.165) is 44.4 Å². The minimum atomic E-state index is -0.989. The number of nitrogens with zero attached hydrogens (tertiary/aromatic N) is 2. The first-order valence-electron chi connectivity index (χ1n) is 15.9. The minimum Gasteiger partial charge on any atom is -0.496 e. The van der Waals surface area contributed by atoms with Crippen LogP contribution < -0.4 is 10.1 Å². The number of rotatable bonds is 6. The molecule has 1 saturated carbocycles. The van der Waals surface area contributed by atoms with Gasteiger partial charge >= 0.3 is 0 Å². The van der Waals surface area contributed by atoms with Crippen LogP contribution in [0.1, 0.15) is 58.0 Å². The van der Waals surface area contributed by atoms with Gasteiger partial charge in [-0.25, -0.2) is 4.39 Å².